The van der Waals surface area contributed by atoms with E-state index in [0.717, 1.165) is 12.1 Å². The molecule has 0 aliphatic carbocycles. The zero-order chi connectivity index (χ0) is 40.9. The second kappa shape index (κ2) is 18.4. The Bertz CT molecular complexity index is 2640. The largest absolute Gasteiger partial charge is 2.00 e. The molecule has 6 aromatic rings. The fourth-order valence-electron chi connectivity index (χ4n) is 5.57. The molecule has 0 fully saturated rings. The summed E-state index contributed by atoms with van der Waals surface area (Å²) in [5, 5.41) is 58.8. The van der Waals surface area contributed by atoms with Gasteiger partial charge in [-0.2, -0.15) is 0 Å². The van der Waals surface area contributed by atoms with Crippen LogP contribution >= 0.6 is 0 Å². The van der Waals surface area contributed by atoms with E-state index in [1.165, 1.54) is 60.7 Å². The number of hydrogen-bond acceptors (Lipinski definition) is 16. The van der Waals surface area contributed by atoms with Crippen molar-refractivity contribution >= 4 is 125 Å². The summed E-state index contributed by atoms with van der Waals surface area (Å²) >= 11 is 0. The number of azo groups is 2. The molecule has 18 nitrogen and oxygen atoms in total. The molecule has 0 saturated heterocycles. The molecule has 0 unspecified atom stereocenters. The van der Waals surface area contributed by atoms with E-state index < -0.39 is 39.9 Å². The minimum atomic E-state index is -4.83. The molecule has 288 valence electrons. The number of hydrogen-bond donors (Lipinski definition) is 2. The van der Waals surface area contributed by atoms with Gasteiger partial charge in [0.05, 0.1) is 31.0 Å². The topological polar surface area (TPSA) is 291 Å². The number of rotatable bonds is 10. The Labute approximate surface area is 364 Å². The van der Waals surface area contributed by atoms with Crippen molar-refractivity contribution in [1.82, 2.24) is 0 Å². The van der Waals surface area contributed by atoms with Gasteiger partial charge < -0.3 is 19.3 Å². The summed E-state index contributed by atoms with van der Waals surface area (Å²) < 4.78 is 69.7. The molecule has 0 aliphatic rings. The first-order valence-electron chi connectivity index (χ1n) is 16.2. The zero-order valence-corrected chi connectivity index (χ0v) is 35.9. The van der Waals surface area contributed by atoms with E-state index in [4.69, 9.17) is 0 Å². The normalized spacial score (nSPS) is 11.7. The summed E-state index contributed by atoms with van der Waals surface area (Å²) in [5.41, 5.74) is 0.969. The number of nitro benzene ring substituents is 2. The van der Waals surface area contributed by atoms with E-state index in [9.17, 15) is 56.4 Å². The van der Waals surface area contributed by atoms with Gasteiger partial charge in [0.2, 0.25) is 0 Å². The van der Waals surface area contributed by atoms with Crippen LogP contribution in [0.2, 0.25) is 0 Å². The molecule has 0 atom stereocenters. The molecular formula is C36H28BaN6O12S2. The molecule has 0 heterocycles. The Hall–Kier alpha value is -5.17. The van der Waals surface area contributed by atoms with Crippen LogP contribution in [0.3, 0.4) is 0 Å². The SMILES string of the molecule is CCc1ccc([N+](=O)[O-])cc1N=Nc1c(O)ccc2cccc(S(=O)(=O)[O-])c12.CCc1ccc([N+](=O)[O-])cc1N=Nc1c(O)ccc2cccc(S(=O)(=O)[O-])c12.[Ba+2]. The van der Waals surface area contributed by atoms with Crippen molar-refractivity contribution in [2.45, 2.75) is 36.5 Å². The predicted octanol–water partition coefficient (Wildman–Crippen LogP) is 8.29. The van der Waals surface area contributed by atoms with Crippen LogP contribution in [0.4, 0.5) is 34.1 Å². The maximum absolute atomic E-state index is 11.6. The van der Waals surface area contributed by atoms with Crippen LogP contribution in [-0.2, 0) is 33.1 Å². The van der Waals surface area contributed by atoms with Crippen LogP contribution in [0.5, 0.6) is 11.5 Å². The Morgan fingerprint density at radius 2 is 0.930 bits per heavy atom. The first kappa shape index (κ1) is 44.5. The third kappa shape index (κ3) is 10.2. The van der Waals surface area contributed by atoms with Crippen molar-refractivity contribution < 1.29 is 46.0 Å². The first-order chi connectivity index (χ1) is 26.4. The molecule has 0 spiro atoms. The molecule has 57 heavy (non-hydrogen) atoms. The number of phenolic OH excluding ortho intramolecular Hbond substituents is 2. The fraction of sp³-hybridized carbons (Fsp3) is 0.111. The molecule has 0 amide bonds. The Morgan fingerprint density at radius 1 is 0.561 bits per heavy atom. The molecule has 0 bridgehead atoms. The maximum Gasteiger partial charge on any atom is 2.00 e. The van der Waals surface area contributed by atoms with E-state index in [1.54, 1.807) is 24.3 Å². The smallest absolute Gasteiger partial charge is 0.744 e. The average Bonchev–Trinajstić information content (AvgIpc) is 3.15. The Morgan fingerprint density at radius 3 is 1.25 bits per heavy atom. The van der Waals surface area contributed by atoms with Gasteiger partial charge in [0.25, 0.3) is 11.4 Å². The molecule has 0 aliphatic heterocycles. The van der Waals surface area contributed by atoms with E-state index in [1.807, 2.05) is 13.8 Å². The van der Waals surface area contributed by atoms with Crippen LogP contribution in [0.25, 0.3) is 21.5 Å². The van der Waals surface area contributed by atoms with Crippen molar-refractivity contribution in [3.05, 3.63) is 128 Å². The zero-order valence-electron chi connectivity index (χ0n) is 29.8. The molecule has 21 heteroatoms. The summed E-state index contributed by atoms with van der Waals surface area (Å²) in [6.45, 7) is 3.66. The number of fused-ring (bicyclic) bond motifs is 2. The van der Waals surface area contributed by atoms with Crippen molar-refractivity contribution in [3.8, 4) is 11.5 Å². The summed E-state index contributed by atoms with van der Waals surface area (Å²) in [4.78, 5) is 19.8. The average molecular weight is 938 g/mol. The molecule has 0 aromatic heterocycles. The summed E-state index contributed by atoms with van der Waals surface area (Å²) in [7, 11) is -9.67. The van der Waals surface area contributed by atoms with Gasteiger partial charge in [-0.3, -0.25) is 20.2 Å². The molecular weight excluding hydrogens is 910 g/mol. The van der Waals surface area contributed by atoms with Crippen molar-refractivity contribution in [2.75, 3.05) is 0 Å². The van der Waals surface area contributed by atoms with Crippen molar-refractivity contribution in [2.24, 2.45) is 20.5 Å². The molecule has 6 rings (SSSR count). The van der Waals surface area contributed by atoms with Gasteiger partial charge in [0.1, 0.15) is 43.1 Å². The Kier molecular flexibility index (Phi) is 14.4. The quantitative estimate of drug-likeness (QED) is 0.0431. The van der Waals surface area contributed by atoms with E-state index in [2.05, 4.69) is 20.5 Å². The molecule has 6 aromatic carbocycles. The third-order valence-corrected chi connectivity index (χ3v) is 10.1. The number of benzene rings is 6. The van der Waals surface area contributed by atoms with Crippen molar-refractivity contribution in [1.29, 1.82) is 0 Å². The number of nitro groups is 2. The second-order valence-corrected chi connectivity index (χ2v) is 14.4. The van der Waals surface area contributed by atoms with E-state index in [-0.39, 0.29) is 105 Å². The molecule has 2 N–H and O–H groups in total. The molecule has 0 radical (unpaired) electrons. The maximum atomic E-state index is 11.6. The number of phenols is 2. The van der Waals surface area contributed by atoms with Gasteiger partial charge in [-0.15, -0.1) is 20.5 Å². The van der Waals surface area contributed by atoms with Gasteiger partial charge >= 0.3 is 48.9 Å². The van der Waals surface area contributed by atoms with Gasteiger partial charge in [0.15, 0.2) is 0 Å². The standard InChI is InChI=1S/2C18H15N3O6S.Ba/c2*1-2-11-6-8-13(21(23)24)10-14(11)19-20-18-15(22)9-7-12-4-3-5-16(17(12)18)28(25,26)27;/h2*3-10,22H,2H2,1H3,(H,25,26,27);/q;;+2/p-2. The van der Waals surface area contributed by atoms with Crippen LogP contribution in [0, 0.1) is 20.2 Å². The Balaban J connectivity index is 0.000000248. The van der Waals surface area contributed by atoms with E-state index in [0.29, 0.717) is 34.7 Å². The number of non-ortho nitro benzene ring substituents is 2. The number of aryl methyl sites for hydroxylation is 2. The minimum Gasteiger partial charge on any atom is -0.744 e. The minimum absolute atomic E-state index is 0. The van der Waals surface area contributed by atoms with E-state index >= 15 is 0 Å². The fourth-order valence-corrected chi connectivity index (χ4v) is 6.99. The number of aromatic hydroxyl groups is 2. The first-order valence-corrected chi connectivity index (χ1v) is 19.1. The van der Waals surface area contributed by atoms with Crippen LogP contribution in [-0.4, -0.2) is 94.9 Å². The van der Waals surface area contributed by atoms with Gasteiger partial charge in [-0.1, -0.05) is 62.4 Å². The molecule has 0 saturated carbocycles. The third-order valence-electron chi connectivity index (χ3n) is 8.29. The van der Waals surface area contributed by atoms with Gasteiger partial charge in [-0.25, -0.2) is 16.8 Å². The summed E-state index contributed by atoms with van der Waals surface area (Å²) in [6, 6.07) is 21.9. The number of nitrogens with zero attached hydrogens (tertiary/aromatic N) is 6. The van der Waals surface area contributed by atoms with Crippen LogP contribution in [0.15, 0.2) is 127 Å². The van der Waals surface area contributed by atoms with Crippen molar-refractivity contribution in [3.63, 3.8) is 0 Å². The van der Waals surface area contributed by atoms with Crippen LogP contribution in [0.1, 0.15) is 25.0 Å². The summed E-state index contributed by atoms with van der Waals surface area (Å²) in [5.74, 6) is -0.758. The van der Waals surface area contributed by atoms with Gasteiger partial charge in [-0.05, 0) is 59.0 Å². The van der Waals surface area contributed by atoms with Gasteiger partial charge in [0, 0.05) is 35.0 Å². The second-order valence-electron chi connectivity index (χ2n) is 11.7. The van der Waals surface area contributed by atoms with Crippen LogP contribution < -0.4 is 0 Å². The monoisotopic (exact) mass is 938 g/mol. The predicted molar refractivity (Wildman–Crippen MR) is 206 cm³/mol. The summed E-state index contributed by atoms with van der Waals surface area (Å²) in [6.07, 6.45) is 1.04.